The number of rotatable bonds is 4. The maximum Gasteiger partial charge on any atom is 0.153 e. The summed E-state index contributed by atoms with van der Waals surface area (Å²) in [7, 11) is 1.96. The predicted octanol–water partition coefficient (Wildman–Crippen LogP) is 2.96. The van der Waals surface area contributed by atoms with Crippen molar-refractivity contribution in [2.45, 2.75) is 6.61 Å². The van der Waals surface area contributed by atoms with E-state index >= 15 is 0 Å². The van der Waals surface area contributed by atoms with Gasteiger partial charge in [0.25, 0.3) is 0 Å². The second-order valence-electron chi connectivity index (χ2n) is 4.52. The number of aldehydes is 1. The van der Waals surface area contributed by atoms with Crippen LogP contribution in [0.3, 0.4) is 0 Å². The first-order valence-electron chi connectivity index (χ1n) is 6.37. The predicted molar refractivity (Wildman–Crippen MR) is 76.9 cm³/mol. The lowest BCUT2D eigenvalue weighted by Crippen LogP contribution is -2.04. The third-order valence-corrected chi connectivity index (χ3v) is 3.28. The Labute approximate surface area is 116 Å². The molecule has 4 nitrogen and oxygen atoms in total. The van der Waals surface area contributed by atoms with Crippen LogP contribution in [-0.4, -0.2) is 15.8 Å². The van der Waals surface area contributed by atoms with Gasteiger partial charge in [-0.15, -0.1) is 0 Å². The molecular weight excluding hydrogens is 252 g/mol. The van der Waals surface area contributed by atoms with E-state index in [4.69, 9.17) is 4.74 Å². The molecule has 4 heteroatoms. The van der Waals surface area contributed by atoms with Gasteiger partial charge < -0.3 is 9.30 Å². The number of fused-ring (bicyclic) bond motifs is 1. The molecule has 0 aliphatic heterocycles. The van der Waals surface area contributed by atoms with E-state index in [1.54, 1.807) is 12.1 Å². The van der Waals surface area contributed by atoms with Gasteiger partial charge in [0.1, 0.15) is 18.2 Å². The fraction of sp³-hybridized carbons (Fsp3) is 0.125. The number of aryl methyl sites for hydroxylation is 1. The van der Waals surface area contributed by atoms with E-state index in [9.17, 15) is 4.79 Å². The minimum Gasteiger partial charge on any atom is -0.485 e. The monoisotopic (exact) mass is 266 g/mol. The molecule has 1 heterocycles. The van der Waals surface area contributed by atoms with Gasteiger partial charge in [-0.05, 0) is 24.3 Å². The van der Waals surface area contributed by atoms with Crippen LogP contribution in [0, 0.1) is 0 Å². The van der Waals surface area contributed by atoms with Crippen LogP contribution in [0.1, 0.15) is 16.2 Å². The Morgan fingerprint density at radius 1 is 1.15 bits per heavy atom. The first kappa shape index (κ1) is 12.4. The molecule has 0 radical (unpaired) electrons. The van der Waals surface area contributed by atoms with Crippen LogP contribution in [0.15, 0.2) is 48.5 Å². The van der Waals surface area contributed by atoms with Crippen LogP contribution in [0.5, 0.6) is 5.75 Å². The molecule has 3 rings (SSSR count). The van der Waals surface area contributed by atoms with E-state index in [2.05, 4.69) is 4.98 Å². The number of ether oxygens (including phenoxy) is 1. The minimum atomic E-state index is 0.329. The van der Waals surface area contributed by atoms with Crippen molar-refractivity contribution in [1.82, 2.24) is 9.55 Å². The van der Waals surface area contributed by atoms with Gasteiger partial charge in [0.05, 0.1) is 16.6 Å². The van der Waals surface area contributed by atoms with E-state index in [1.165, 1.54) is 0 Å². The molecule has 0 fully saturated rings. The molecule has 0 N–H and O–H groups in total. The topological polar surface area (TPSA) is 44.1 Å². The molecule has 0 spiro atoms. The first-order valence-corrected chi connectivity index (χ1v) is 6.37. The summed E-state index contributed by atoms with van der Waals surface area (Å²) in [5.41, 5.74) is 2.55. The molecular formula is C16H14N2O2. The van der Waals surface area contributed by atoms with E-state index in [0.717, 1.165) is 23.1 Å². The number of nitrogens with zero attached hydrogens (tertiary/aromatic N) is 2. The molecule has 0 aliphatic rings. The van der Waals surface area contributed by atoms with Crippen molar-refractivity contribution in [2.24, 2.45) is 7.05 Å². The number of imidazole rings is 1. The second-order valence-corrected chi connectivity index (χ2v) is 4.52. The highest BCUT2D eigenvalue weighted by Gasteiger charge is 2.08. The molecule has 0 saturated heterocycles. The normalized spacial score (nSPS) is 10.7. The highest BCUT2D eigenvalue weighted by molar-refractivity contribution is 5.79. The zero-order chi connectivity index (χ0) is 13.9. The average Bonchev–Trinajstić information content (AvgIpc) is 2.82. The number of hydrogen-bond donors (Lipinski definition) is 0. The van der Waals surface area contributed by atoms with Crippen LogP contribution in [0.4, 0.5) is 0 Å². The molecule has 20 heavy (non-hydrogen) atoms. The largest absolute Gasteiger partial charge is 0.485 e. The van der Waals surface area contributed by atoms with E-state index in [0.29, 0.717) is 17.9 Å². The molecule has 0 aliphatic carbocycles. The van der Waals surface area contributed by atoms with Crippen LogP contribution >= 0.6 is 0 Å². The van der Waals surface area contributed by atoms with Gasteiger partial charge >= 0.3 is 0 Å². The Bertz CT molecular complexity index is 762. The number of carbonyl (C=O) groups excluding carboxylic acids is 1. The lowest BCUT2D eigenvalue weighted by atomic mass is 10.2. The summed E-state index contributed by atoms with van der Waals surface area (Å²) in [6.07, 6.45) is 0.796. The summed E-state index contributed by atoms with van der Waals surface area (Å²) >= 11 is 0. The third-order valence-electron chi connectivity index (χ3n) is 3.28. The molecule has 1 aromatic heterocycles. The highest BCUT2D eigenvalue weighted by atomic mass is 16.5. The Balaban J connectivity index is 1.87. The first-order chi connectivity index (χ1) is 9.79. The quantitative estimate of drug-likeness (QED) is 0.682. The fourth-order valence-corrected chi connectivity index (χ4v) is 2.18. The molecule has 0 saturated carbocycles. The van der Waals surface area contributed by atoms with Gasteiger partial charge in [-0.3, -0.25) is 4.79 Å². The molecule has 100 valence electrons. The van der Waals surface area contributed by atoms with Crippen LogP contribution < -0.4 is 4.74 Å². The highest BCUT2D eigenvalue weighted by Crippen LogP contribution is 2.19. The summed E-state index contributed by atoms with van der Waals surface area (Å²) < 4.78 is 7.71. The molecule has 2 aromatic carbocycles. The van der Waals surface area contributed by atoms with Gasteiger partial charge in [-0.1, -0.05) is 24.3 Å². The van der Waals surface area contributed by atoms with Crippen molar-refractivity contribution in [1.29, 1.82) is 0 Å². The molecule has 3 aromatic rings. The van der Waals surface area contributed by atoms with E-state index in [1.807, 2.05) is 48.0 Å². The average molecular weight is 266 g/mol. The summed E-state index contributed by atoms with van der Waals surface area (Å²) in [4.78, 5) is 15.5. The van der Waals surface area contributed by atoms with Crippen molar-refractivity contribution in [3.8, 4) is 5.75 Å². The maximum atomic E-state index is 10.9. The summed E-state index contributed by atoms with van der Waals surface area (Å²) in [6.45, 7) is 0.329. The fourth-order valence-electron chi connectivity index (χ4n) is 2.18. The van der Waals surface area contributed by atoms with Crippen molar-refractivity contribution >= 4 is 17.3 Å². The van der Waals surface area contributed by atoms with Gasteiger partial charge in [0, 0.05) is 7.05 Å². The number of para-hydroxylation sites is 3. The number of hydrogen-bond acceptors (Lipinski definition) is 3. The van der Waals surface area contributed by atoms with Gasteiger partial charge in [0.15, 0.2) is 6.29 Å². The Hall–Kier alpha value is -2.62. The lowest BCUT2D eigenvalue weighted by Gasteiger charge is -2.08. The third kappa shape index (κ3) is 2.16. The van der Waals surface area contributed by atoms with Crippen molar-refractivity contribution in [2.75, 3.05) is 0 Å². The lowest BCUT2D eigenvalue weighted by molar-refractivity contribution is 0.111. The van der Waals surface area contributed by atoms with Crippen molar-refractivity contribution in [3.05, 3.63) is 59.9 Å². The summed E-state index contributed by atoms with van der Waals surface area (Å²) in [5.74, 6) is 1.40. The minimum absolute atomic E-state index is 0.329. The zero-order valence-corrected chi connectivity index (χ0v) is 11.1. The second kappa shape index (κ2) is 5.17. The van der Waals surface area contributed by atoms with Gasteiger partial charge in [-0.2, -0.15) is 0 Å². The molecule has 0 atom stereocenters. The summed E-state index contributed by atoms with van der Waals surface area (Å²) in [6, 6.07) is 15.1. The van der Waals surface area contributed by atoms with Crippen LogP contribution in [-0.2, 0) is 13.7 Å². The number of carbonyl (C=O) groups is 1. The Morgan fingerprint density at radius 2 is 1.90 bits per heavy atom. The van der Waals surface area contributed by atoms with Crippen molar-refractivity contribution < 1.29 is 9.53 Å². The van der Waals surface area contributed by atoms with Crippen molar-refractivity contribution in [3.63, 3.8) is 0 Å². The van der Waals surface area contributed by atoms with E-state index < -0.39 is 0 Å². The van der Waals surface area contributed by atoms with Gasteiger partial charge in [-0.25, -0.2) is 4.98 Å². The number of aromatic nitrogens is 2. The van der Waals surface area contributed by atoms with E-state index in [-0.39, 0.29) is 0 Å². The zero-order valence-electron chi connectivity index (χ0n) is 11.1. The maximum absolute atomic E-state index is 10.9. The SMILES string of the molecule is Cn1c(COc2ccccc2C=O)nc2ccccc21. The number of benzene rings is 2. The Morgan fingerprint density at radius 3 is 2.70 bits per heavy atom. The standard InChI is InChI=1S/C16H14N2O2/c1-18-14-8-4-3-7-13(14)17-16(18)11-20-15-9-5-2-6-12(15)10-19/h2-10H,11H2,1H3. The van der Waals surface area contributed by atoms with Gasteiger partial charge in [0.2, 0.25) is 0 Å². The molecule has 0 bridgehead atoms. The van der Waals surface area contributed by atoms with Crippen LogP contribution in [0.25, 0.3) is 11.0 Å². The summed E-state index contributed by atoms with van der Waals surface area (Å²) in [5, 5.41) is 0. The molecule has 0 amide bonds. The Kier molecular flexibility index (Phi) is 3.21. The smallest absolute Gasteiger partial charge is 0.153 e. The molecule has 0 unspecified atom stereocenters. The van der Waals surface area contributed by atoms with Crippen LogP contribution in [0.2, 0.25) is 0 Å².